The highest BCUT2D eigenvalue weighted by Gasteiger charge is 2.22. The molecule has 2 aromatic rings. The zero-order valence-electron chi connectivity index (χ0n) is 13.6. The van der Waals surface area contributed by atoms with E-state index in [9.17, 15) is 4.79 Å². The van der Waals surface area contributed by atoms with Crippen molar-refractivity contribution in [1.82, 2.24) is 19.8 Å². The number of nitrogens with one attached hydrogen (secondary N) is 1. The van der Waals surface area contributed by atoms with Crippen LogP contribution in [0.1, 0.15) is 17.4 Å². The minimum Gasteiger partial charge on any atom is -0.338 e. The second-order valence-electron chi connectivity index (χ2n) is 5.62. The number of benzene rings is 1. The summed E-state index contributed by atoms with van der Waals surface area (Å²) >= 11 is 3.48. The number of halogens is 1. The highest BCUT2D eigenvalue weighted by molar-refractivity contribution is 9.10. The van der Waals surface area contributed by atoms with Crippen LogP contribution in [0, 0.1) is 0 Å². The third-order valence-electron chi connectivity index (χ3n) is 4.11. The second kappa shape index (κ2) is 7.72. The number of rotatable bonds is 4. The van der Waals surface area contributed by atoms with Crippen LogP contribution in [0.2, 0.25) is 0 Å². The summed E-state index contributed by atoms with van der Waals surface area (Å²) in [6, 6.07) is 7.77. The smallest absolute Gasteiger partial charge is 0.274 e. The lowest BCUT2D eigenvalue weighted by molar-refractivity contribution is 0.0637. The topological polar surface area (TPSA) is 61.4 Å². The fourth-order valence-corrected chi connectivity index (χ4v) is 3.02. The van der Waals surface area contributed by atoms with Crippen molar-refractivity contribution in [2.75, 3.05) is 38.0 Å². The lowest BCUT2D eigenvalue weighted by Gasteiger charge is -2.33. The van der Waals surface area contributed by atoms with Crippen molar-refractivity contribution in [3.05, 3.63) is 46.8 Å². The summed E-state index contributed by atoms with van der Waals surface area (Å²) in [7, 11) is 0. The first kappa shape index (κ1) is 16.9. The van der Waals surface area contributed by atoms with Crippen LogP contribution in [0.25, 0.3) is 0 Å². The number of aromatic nitrogens is 2. The molecule has 0 atom stereocenters. The molecule has 7 heteroatoms. The van der Waals surface area contributed by atoms with Gasteiger partial charge in [-0.05, 0) is 34.6 Å². The maximum atomic E-state index is 12.5. The Kier molecular flexibility index (Phi) is 5.42. The summed E-state index contributed by atoms with van der Waals surface area (Å²) in [4.78, 5) is 25.3. The summed E-state index contributed by atoms with van der Waals surface area (Å²) < 4.78 is 0.945. The lowest BCUT2D eigenvalue weighted by atomic mass is 10.3. The number of amides is 1. The number of para-hydroxylation sites is 1. The van der Waals surface area contributed by atoms with Crippen molar-refractivity contribution >= 4 is 33.3 Å². The van der Waals surface area contributed by atoms with E-state index in [1.54, 1.807) is 6.20 Å². The molecular weight excluding hydrogens is 370 g/mol. The van der Waals surface area contributed by atoms with E-state index in [0.717, 1.165) is 42.9 Å². The Hall–Kier alpha value is -1.99. The maximum absolute atomic E-state index is 12.5. The van der Waals surface area contributed by atoms with E-state index in [-0.39, 0.29) is 5.91 Å². The molecule has 0 saturated carbocycles. The van der Waals surface area contributed by atoms with Crippen molar-refractivity contribution < 1.29 is 4.79 Å². The molecule has 0 radical (unpaired) electrons. The number of anilines is 2. The van der Waals surface area contributed by atoms with Crippen LogP contribution in [-0.2, 0) is 0 Å². The minimum atomic E-state index is -0.0503. The molecule has 0 bridgehead atoms. The van der Waals surface area contributed by atoms with Crippen LogP contribution in [0.5, 0.6) is 0 Å². The van der Waals surface area contributed by atoms with Crippen molar-refractivity contribution in [3.63, 3.8) is 0 Å². The van der Waals surface area contributed by atoms with Gasteiger partial charge in [0.1, 0.15) is 11.5 Å². The van der Waals surface area contributed by atoms with E-state index < -0.39 is 0 Å². The van der Waals surface area contributed by atoms with Gasteiger partial charge in [-0.25, -0.2) is 9.97 Å². The highest BCUT2D eigenvalue weighted by Crippen LogP contribution is 2.24. The first-order valence-corrected chi connectivity index (χ1v) is 8.82. The zero-order valence-corrected chi connectivity index (χ0v) is 15.2. The van der Waals surface area contributed by atoms with Crippen LogP contribution < -0.4 is 5.32 Å². The van der Waals surface area contributed by atoms with Gasteiger partial charge in [0.25, 0.3) is 5.91 Å². The van der Waals surface area contributed by atoms with Gasteiger partial charge in [0.05, 0.1) is 18.1 Å². The summed E-state index contributed by atoms with van der Waals surface area (Å²) in [6.07, 6.45) is 3.13. The van der Waals surface area contributed by atoms with E-state index in [1.165, 1.54) is 6.20 Å². The van der Waals surface area contributed by atoms with Gasteiger partial charge in [-0.15, -0.1) is 0 Å². The summed E-state index contributed by atoms with van der Waals surface area (Å²) in [5.41, 5.74) is 1.29. The number of nitrogens with zero attached hydrogens (tertiary/aromatic N) is 4. The molecule has 1 N–H and O–H groups in total. The Morgan fingerprint density at radius 1 is 1.17 bits per heavy atom. The summed E-state index contributed by atoms with van der Waals surface area (Å²) in [6.45, 7) is 6.47. The SMILES string of the molecule is CCN1CCN(C(=O)c2cnc(Nc3ccccc3Br)cn2)CC1. The third kappa shape index (κ3) is 3.91. The summed E-state index contributed by atoms with van der Waals surface area (Å²) in [5.74, 6) is 0.556. The Labute approximate surface area is 150 Å². The van der Waals surface area contributed by atoms with E-state index in [0.29, 0.717) is 11.5 Å². The number of likely N-dealkylation sites (N-methyl/N-ethyl adjacent to an activating group) is 1. The fourth-order valence-electron chi connectivity index (χ4n) is 2.63. The van der Waals surface area contributed by atoms with Crippen molar-refractivity contribution in [2.45, 2.75) is 6.92 Å². The van der Waals surface area contributed by atoms with Crippen LogP contribution in [0.4, 0.5) is 11.5 Å². The molecule has 1 aromatic heterocycles. The van der Waals surface area contributed by atoms with Crippen molar-refractivity contribution in [2.24, 2.45) is 0 Å². The maximum Gasteiger partial charge on any atom is 0.274 e. The molecule has 126 valence electrons. The molecule has 0 spiro atoms. The lowest BCUT2D eigenvalue weighted by Crippen LogP contribution is -2.48. The van der Waals surface area contributed by atoms with Crippen LogP contribution >= 0.6 is 15.9 Å². The van der Waals surface area contributed by atoms with Crippen LogP contribution in [0.3, 0.4) is 0 Å². The van der Waals surface area contributed by atoms with E-state index >= 15 is 0 Å². The number of hydrogen-bond donors (Lipinski definition) is 1. The Morgan fingerprint density at radius 2 is 1.92 bits per heavy atom. The monoisotopic (exact) mass is 389 g/mol. The van der Waals surface area contributed by atoms with E-state index in [4.69, 9.17) is 0 Å². The van der Waals surface area contributed by atoms with E-state index in [1.807, 2.05) is 29.2 Å². The largest absolute Gasteiger partial charge is 0.338 e. The molecule has 1 aliphatic heterocycles. The Bertz CT molecular complexity index is 698. The summed E-state index contributed by atoms with van der Waals surface area (Å²) in [5, 5.41) is 3.18. The second-order valence-corrected chi connectivity index (χ2v) is 6.47. The minimum absolute atomic E-state index is 0.0503. The predicted molar refractivity (Wildman–Crippen MR) is 97.5 cm³/mol. The number of hydrogen-bond acceptors (Lipinski definition) is 5. The van der Waals surface area contributed by atoms with Gasteiger partial charge in [-0.1, -0.05) is 19.1 Å². The molecule has 1 aromatic carbocycles. The van der Waals surface area contributed by atoms with Crippen LogP contribution in [0.15, 0.2) is 41.1 Å². The number of carbonyl (C=O) groups is 1. The fraction of sp³-hybridized carbons (Fsp3) is 0.353. The van der Waals surface area contributed by atoms with Crippen molar-refractivity contribution in [1.29, 1.82) is 0 Å². The van der Waals surface area contributed by atoms with Gasteiger partial charge < -0.3 is 15.1 Å². The molecule has 1 fully saturated rings. The van der Waals surface area contributed by atoms with Gasteiger partial charge in [0, 0.05) is 30.7 Å². The zero-order chi connectivity index (χ0) is 16.9. The highest BCUT2D eigenvalue weighted by atomic mass is 79.9. The molecule has 0 aliphatic carbocycles. The predicted octanol–water partition coefficient (Wildman–Crippen LogP) is 2.76. The number of piperazine rings is 1. The first-order valence-electron chi connectivity index (χ1n) is 8.02. The molecule has 1 aliphatic rings. The third-order valence-corrected chi connectivity index (χ3v) is 4.81. The number of carbonyl (C=O) groups excluding carboxylic acids is 1. The molecule has 2 heterocycles. The molecule has 3 rings (SSSR count). The van der Waals surface area contributed by atoms with Gasteiger partial charge in [0.2, 0.25) is 0 Å². The van der Waals surface area contributed by atoms with Crippen molar-refractivity contribution in [3.8, 4) is 0 Å². The molecule has 0 unspecified atom stereocenters. The van der Waals surface area contributed by atoms with Gasteiger partial charge in [0.15, 0.2) is 0 Å². The standard InChI is InChI=1S/C17H20BrN5O/c1-2-22-7-9-23(10-8-22)17(24)15-11-20-16(12-19-15)21-14-6-4-3-5-13(14)18/h3-6,11-12H,2,7-10H2,1H3,(H,20,21). The molecule has 24 heavy (non-hydrogen) atoms. The molecular formula is C17H20BrN5O. The first-order chi connectivity index (χ1) is 11.7. The molecule has 1 saturated heterocycles. The Morgan fingerprint density at radius 3 is 2.54 bits per heavy atom. The van der Waals surface area contributed by atoms with E-state index in [2.05, 4.69) is 43.0 Å². The average molecular weight is 390 g/mol. The normalized spacial score (nSPS) is 15.3. The molecule has 1 amide bonds. The average Bonchev–Trinajstić information content (AvgIpc) is 2.64. The van der Waals surface area contributed by atoms with Gasteiger partial charge in [-0.3, -0.25) is 4.79 Å². The van der Waals surface area contributed by atoms with Crippen LogP contribution in [-0.4, -0.2) is 58.4 Å². The van der Waals surface area contributed by atoms with Gasteiger partial charge in [-0.2, -0.15) is 0 Å². The quantitative estimate of drug-likeness (QED) is 0.870. The molecule has 6 nitrogen and oxygen atoms in total. The Balaban J connectivity index is 1.64. The van der Waals surface area contributed by atoms with Gasteiger partial charge >= 0.3 is 0 Å².